The molecule has 0 saturated heterocycles. The topological polar surface area (TPSA) is 99.1 Å². The van der Waals surface area contributed by atoms with Crippen LogP contribution in [-0.2, 0) is 28.6 Å². The van der Waals surface area contributed by atoms with Gasteiger partial charge in [0, 0.05) is 30.8 Å². The molecule has 0 amide bonds. The number of ether oxygens (including phenoxy) is 3. The maximum Gasteiger partial charge on any atom is 0.303 e. The lowest BCUT2D eigenvalue weighted by molar-refractivity contribution is -0.216. The molecule has 4 rings (SSSR count). The molecule has 3 fully saturated rings. The van der Waals surface area contributed by atoms with Crippen LogP contribution in [0.25, 0.3) is 0 Å². The van der Waals surface area contributed by atoms with Crippen molar-refractivity contribution in [2.24, 2.45) is 22.7 Å². The summed E-state index contributed by atoms with van der Waals surface area (Å²) in [6.07, 6.45) is 4.86. The molecule has 0 aromatic heterocycles. The summed E-state index contributed by atoms with van der Waals surface area (Å²) < 4.78 is 16.8. The normalized spacial score (nSPS) is 43.4. The van der Waals surface area contributed by atoms with Crippen LogP contribution in [0.5, 0.6) is 0 Å². The number of aliphatic hydroxyl groups excluding tert-OH is 1. The van der Waals surface area contributed by atoms with Gasteiger partial charge in [-0.25, -0.2) is 0 Å². The molecule has 0 aliphatic heterocycles. The molecule has 7 nitrogen and oxygen atoms in total. The highest BCUT2D eigenvalue weighted by Gasteiger charge is 2.74. The molecule has 0 unspecified atom stereocenters. The number of carbonyl (C=O) groups excluding carboxylic acids is 3. The Morgan fingerprint density at radius 3 is 2.59 bits per heavy atom. The molecule has 0 radical (unpaired) electrons. The highest BCUT2D eigenvalue weighted by atomic mass is 35.5. The van der Waals surface area contributed by atoms with Gasteiger partial charge in [-0.2, -0.15) is 0 Å². The number of rotatable bonds is 7. The number of halogens is 1. The average molecular weight is 497 g/mol. The van der Waals surface area contributed by atoms with Crippen LogP contribution in [0.2, 0.25) is 0 Å². The molecule has 4 aliphatic rings. The number of alkyl halides is 1. The van der Waals surface area contributed by atoms with E-state index in [0.717, 1.165) is 18.4 Å². The molecule has 0 bridgehead atoms. The van der Waals surface area contributed by atoms with E-state index in [1.807, 2.05) is 13.8 Å². The van der Waals surface area contributed by atoms with Crippen molar-refractivity contribution in [2.75, 3.05) is 20.0 Å². The molecule has 0 aromatic carbocycles. The molecular formula is C26H37ClO7. The van der Waals surface area contributed by atoms with Gasteiger partial charge in [0.05, 0.1) is 11.0 Å². The number of allylic oxidation sites excluding steroid dienone is 1. The molecular weight excluding hydrogens is 460 g/mol. The summed E-state index contributed by atoms with van der Waals surface area (Å²) in [6.45, 7) is 7.25. The summed E-state index contributed by atoms with van der Waals surface area (Å²) in [7, 11) is 0. The van der Waals surface area contributed by atoms with Crippen molar-refractivity contribution in [3.63, 3.8) is 0 Å². The number of carbonyl (C=O) groups is 3. The lowest BCUT2D eigenvalue weighted by Crippen LogP contribution is -2.69. The summed E-state index contributed by atoms with van der Waals surface area (Å²) in [4.78, 5) is 36.2. The van der Waals surface area contributed by atoms with E-state index in [-0.39, 0.29) is 43.2 Å². The third-order valence-electron chi connectivity index (χ3n) is 9.61. The molecule has 7 atom stereocenters. The summed E-state index contributed by atoms with van der Waals surface area (Å²) in [5.74, 6) is -0.707. The zero-order chi connectivity index (χ0) is 24.9. The monoisotopic (exact) mass is 496 g/mol. The molecule has 1 N–H and O–H groups in total. The van der Waals surface area contributed by atoms with Crippen molar-refractivity contribution in [1.82, 2.24) is 0 Å². The van der Waals surface area contributed by atoms with Crippen molar-refractivity contribution in [3.8, 4) is 0 Å². The number of hydrogen-bond acceptors (Lipinski definition) is 7. The lowest BCUT2D eigenvalue weighted by Gasteiger charge is -2.65. The number of aliphatic hydroxyl groups is 1. The van der Waals surface area contributed by atoms with Crippen LogP contribution in [0.15, 0.2) is 11.6 Å². The molecule has 0 aromatic rings. The van der Waals surface area contributed by atoms with Crippen molar-refractivity contribution < 1.29 is 33.7 Å². The Bertz CT molecular complexity index is 902. The van der Waals surface area contributed by atoms with Crippen LogP contribution < -0.4 is 0 Å². The van der Waals surface area contributed by atoms with Gasteiger partial charge in [0.1, 0.15) is 12.4 Å². The van der Waals surface area contributed by atoms with Crippen LogP contribution in [0.1, 0.15) is 72.6 Å². The van der Waals surface area contributed by atoms with Crippen molar-refractivity contribution in [3.05, 3.63) is 11.6 Å². The van der Waals surface area contributed by atoms with Crippen LogP contribution in [-0.4, -0.2) is 59.2 Å². The molecule has 34 heavy (non-hydrogen) atoms. The number of ketones is 2. The summed E-state index contributed by atoms with van der Waals surface area (Å²) in [5.41, 5.74) is -1.38. The van der Waals surface area contributed by atoms with Crippen molar-refractivity contribution >= 4 is 29.1 Å². The van der Waals surface area contributed by atoms with E-state index in [0.29, 0.717) is 32.3 Å². The number of hydrogen-bond donors (Lipinski definition) is 1. The fraction of sp³-hybridized carbons (Fsp3) is 0.808. The second-order valence-electron chi connectivity index (χ2n) is 10.9. The maximum atomic E-state index is 13.6. The van der Waals surface area contributed by atoms with Gasteiger partial charge in [0.2, 0.25) is 5.78 Å². The van der Waals surface area contributed by atoms with E-state index in [2.05, 4.69) is 6.92 Å². The Morgan fingerprint density at radius 1 is 1.18 bits per heavy atom. The Labute approximate surface area is 206 Å². The SMILES string of the molecule is CCOCO[C@]1(C(=O)COC(C)=O)CC[C@H]2[C@@H]3CCC4=CC(=O)CC[C@]4(C)[C@@]3(Cl)[C@@H](O)C[C@@]21C. The maximum absolute atomic E-state index is 13.6. The zero-order valence-corrected chi connectivity index (χ0v) is 21.4. The summed E-state index contributed by atoms with van der Waals surface area (Å²) in [5, 5.41) is 11.7. The van der Waals surface area contributed by atoms with E-state index in [1.54, 1.807) is 6.08 Å². The minimum Gasteiger partial charge on any atom is -0.458 e. The van der Waals surface area contributed by atoms with Crippen LogP contribution in [0, 0.1) is 22.7 Å². The van der Waals surface area contributed by atoms with Gasteiger partial charge in [0.25, 0.3) is 0 Å². The van der Waals surface area contributed by atoms with Gasteiger partial charge in [-0.15, -0.1) is 11.6 Å². The second kappa shape index (κ2) is 8.99. The minimum absolute atomic E-state index is 0.0345. The summed E-state index contributed by atoms with van der Waals surface area (Å²) in [6, 6.07) is 0. The van der Waals surface area contributed by atoms with E-state index in [1.165, 1.54) is 6.92 Å². The van der Waals surface area contributed by atoms with Gasteiger partial charge >= 0.3 is 5.97 Å². The Hall–Kier alpha value is -1.28. The Kier molecular flexibility index (Phi) is 6.82. The summed E-state index contributed by atoms with van der Waals surface area (Å²) >= 11 is 7.50. The number of esters is 1. The average Bonchev–Trinajstić information content (AvgIpc) is 3.06. The van der Waals surface area contributed by atoms with E-state index < -0.39 is 33.4 Å². The zero-order valence-electron chi connectivity index (χ0n) is 20.7. The van der Waals surface area contributed by atoms with Crippen molar-refractivity contribution in [2.45, 2.75) is 89.2 Å². The first-order chi connectivity index (χ1) is 16.0. The van der Waals surface area contributed by atoms with Crippen LogP contribution >= 0.6 is 11.6 Å². The standard InChI is InChI=1S/C26H37ClO7/c1-5-32-15-34-25(22(31)14-33-16(2)28)11-9-19-20-7-6-17-12-18(29)8-10-23(17,3)26(20,27)21(30)13-24(19,25)4/h12,19-21,30H,5-11,13-15H2,1-4H3/t19-,20-,21-,23-,24-,25-,26-/m0/s1. The molecule has 190 valence electrons. The third kappa shape index (κ3) is 3.53. The van der Waals surface area contributed by atoms with Crippen LogP contribution in [0.3, 0.4) is 0 Å². The van der Waals surface area contributed by atoms with Gasteiger partial charge in [-0.05, 0) is 63.4 Å². The predicted molar refractivity (Wildman–Crippen MR) is 125 cm³/mol. The van der Waals surface area contributed by atoms with Gasteiger partial charge in [-0.1, -0.05) is 19.4 Å². The first-order valence-corrected chi connectivity index (χ1v) is 12.8. The van der Waals surface area contributed by atoms with E-state index in [9.17, 15) is 19.5 Å². The fourth-order valence-electron chi connectivity index (χ4n) is 7.84. The van der Waals surface area contributed by atoms with Gasteiger partial charge < -0.3 is 19.3 Å². The molecule has 0 spiro atoms. The molecule has 4 aliphatic carbocycles. The number of fused-ring (bicyclic) bond motifs is 5. The highest BCUT2D eigenvalue weighted by molar-refractivity contribution is 6.26. The molecule has 8 heteroatoms. The molecule has 0 heterocycles. The minimum atomic E-state index is -1.24. The first kappa shape index (κ1) is 25.8. The number of Topliss-reactive ketones (excluding diaryl/α,β-unsaturated/α-hetero) is 1. The Balaban J connectivity index is 1.73. The smallest absolute Gasteiger partial charge is 0.303 e. The lowest BCUT2D eigenvalue weighted by atomic mass is 9.45. The Morgan fingerprint density at radius 2 is 1.91 bits per heavy atom. The first-order valence-electron chi connectivity index (χ1n) is 12.5. The predicted octanol–water partition coefficient (Wildman–Crippen LogP) is 3.73. The van der Waals surface area contributed by atoms with Crippen LogP contribution in [0.4, 0.5) is 0 Å². The largest absolute Gasteiger partial charge is 0.458 e. The van der Waals surface area contributed by atoms with E-state index in [4.69, 9.17) is 25.8 Å². The quantitative estimate of drug-likeness (QED) is 0.248. The highest BCUT2D eigenvalue weighted by Crippen LogP contribution is 2.71. The van der Waals surface area contributed by atoms with E-state index >= 15 is 0 Å². The fourth-order valence-corrected chi connectivity index (χ4v) is 8.40. The third-order valence-corrected chi connectivity index (χ3v) is 10.6. The van der Waals surface area contributed by atoms with Gasteiger partial charge in [0.15, 0.2) is 12.4 Å². The second-order valence-corrected chi connectivity index (χ2v) is 11.6. The van der Waals surface area contributed by atoms with Crippen molar-refractivity contribution in [1.29, 1.82) is 0 Å². The van der Waals surface area contributed by atoms with Gasteiger partial charge in [-0.3, -0.25) is 14.4 Å². The molecule has 3 saturated carbocycles.